The van der Waals surface area contributed by atoms with Crippen LogP contribution in [0.25, 0.3) is 0 Å². The zero-order valence-corrected chi connectivity index (χ0v) is 13.5. The molecule has 1 amide bonds. The van der Waals surface area contributed by atoms with Gasteiger partial charge in [-0.15, -0.1) is 0 Å². The van der Waals surface area contributed by atoms with Crippen LogP contribution in [0.5, 0.6) is 0 Å². The third-order valence-electron chi connectivity index (χ3n) is 3.54. The first kappa shape index (κ1) is 16.0. The fraction of sp³-hybridized carbons (Fsp3) is 0.0526. The van der Waals surface area contributed by atoms with Crippen LogP contribution in [0.15, 0.2) is 77.7 Å². The molecule has 1 aromatic heterocycles. The number of hydrogen-bond acceptors (Lipinski definition) is 2. The molecule has 3 rings (SSSR count). The number of carbonyl (C=O) groups excluding carboxylic acids is 1. The monoisotopic (exact) mass is 338 g/mol. The Morgan fingerprint density at radius 1 is 1.00 bits per heavy atom. The van der Waals surface area contributed by atoms with Crippen LogP contribution in [-0.2, 0) is 6.54 Å². The molecule has 5 heteroatoms. The van der Waals surface area contributed by atoms with Gasteiger partial charge in [-0.3, -0.25) is 9.59 Å². The molecule has 0 fully saturated rings. The average molecular weight is 339 g/mol. The number of amides is 1. The third kappa shape index (κ3) is 3.73. The Bertz CT molecular complexity index is 920. The second-order valence-corrected chi connectivity index (χ2v) is 5.74. The highest BCUT2D eigenvalue weighted by atomic mass is 35.5. The Balaban J connectivity index is 1.85. The molecule has 24 heavy (non-hydrogen) atoms. The summed E-state index contributed by atoms with van der Waals surface area (Å²) in [6.45, 7) is 0.415. The SMILES string of the molecule is O=C(Nc1cccc(Cl)c1)c1cccn(Cc2ccccc2)c1=O. The van der Waals surface area contributed by atoms with Crippen LogP contribution in [0.3, 0.4) is 0 Å². The second kappa shape index (κ2) is 7.15. The smallest absolute Gasteiger partial charge is 0.263 e. The molecule has 0 aliphatic heterocycles. The summed E-state index contributed by atoms with van der Waals surface area (Å²) in [5, 5.41) is 3.21. The molecule has 0 spiro atoms. The number of benzene rings is 2. The summed E-state index contributed by atoms with van der Waals surface area (Å²) in [7, 11) is 0. The summed E-state index contributed by atoms with van der Waals surface area (Å²) >= 11 is 5.90. The maximum atomic E-state index is 12.5. The minimum Gasteiger partial charge on any atom is -0.322 e. The van der Waals surface area contributed by atoms with E-state index in [1.807, 2.05) is 30.3 Å². The van der Waals surface area contributed by atoms with Crippen LogP contribution in [0.2, 0.25) is 5.02 Å². The third-order valence-corrected chi connectivity index (χ3v) is 3.78. The maximum absolute atomic E-state index is 12.5. The largest absolute Gasteiger partial charge is 0.322 e. The highest BCUT2D eigenvalue weighted by Crippen LogP contribution is 2.15. The maximum Gasteiger partial charge on any atom is 0.263 e. The predicted molar refractivity (Wildman–Crippen MR) is 95.7 cm³/mol. The van der Waals surface area contributed by atoms with E-state index in [1.165, 1.54) is 10.6 Å². The van der Waals surface area contributed by atoms with Gasteiger partial charge < -0.3 is 9.88 Å². The van der Waals surface area contributed by atoms with E-state index in [9.17, 15) is 9.59 Å². The van der Waals surface area contributed by atoms with Crippen molar-refractivity contribution >= 4 is 23.2 Å². The standard InChI is InChI=1S/C19H15ClN2O2/c20-15-8-4-9-16(12-15)21-18(23)17-10-5-11-22(19(17)24)13-14-6-2-1-3-7-14/h1-12H,13H2,(H,21,23). The van der Waals surface area contributed by atoms with Gasteiger partial charge in [-0.2, -0.15) is 0 Å². The van der Waals surface area contributed by atoms with Gasteiger partial charge in [-0.1, -0.05) is 48.0 Å². The highest BCUT2D eigenvalue weighted by Gasteiger charge is 2.12. The first-order chi connectivity index (χ1) is 11.6. The van der Waals surface area contributed by atoms with E-state index in [2.05, 4.69) is 5.32 Å². The molecular weight excluding hydrogens is 324 g/mol. The van der Waals surface area contributed by atoms with E-state index in [0.29, 0.717) is 17.3 Å². The molecule has 0 saturated heterocycles. The molecule has 0 saturated carbocycles. The molecule has 0 aliphatic carbocycles. The molecule has 2 aromatic carbocycles. The zero-order valence-electron chi connectivity index (χ0n) is 12.8. The summed E-state index contributed by atoms with van der Waals surface area (Å²) in [5.74, 6) is -0.454. The molecule has 120 valence electrons. The van der Waals surface area contributed by atoms with Gasteiger partial charge in [0.15, 0.2) is 0 Å². The van der Waals surface area contributed by atoms with Crippen molar-refractivity contribution in [3.8, 4) is 0 Å². The van der Waals surface area contributed by atoms with Gasteiger partial charge >= 0.3 is 0 Å². The van der Waals surface area contributed by atoms with E-state index >= 15 is 0 Å². The van der Waals surface area contributed by atoms with Crippen molar-refractivity contribution in [2.75, 3.05) is 5.32 Å². The average Bonchev–Trinajstić information content (AvgIpc) is 2.57. The number of nitrogens with zero attached hydrogens (tertiary/aromatic N) is 1. The molecule has 0 aliphatic rings. The zero-order chi connectivity index (χ0) is 16.9. The van der Waals surface area contributed by atoms with Crippen LogP contribution in [-0.4, -0.2) is 10.5 Å². The molecule has 1 heterocycles. The molecular formula is C19H15ClN2O2. The molecule has 0 atom stereocenters. The Kier molecular flexibility index (Phi) is 4.77. The lowest BCUT2D eigenvalue weighted by atomic mass is 10.2. The quantitative estimate of drug-likeness (QED) is 0.786. The Morgan fingerprint density at radius 3 is 2.54 bits per heavy atom. The van der Waals surface area contributed by atoms with Crippen LogP contribution in [0.4, 0.5) is 5.69 Å². The van der Waals surface area contributed by atoms with Crippen molar-refractivity contribution < 1.29 is 4.79 Å². The number of aromatic nitrogens is 1. The Labute approximate surface area is 144 Å². The first-order valence-electron chi connectivity index (χ1n) is 7.44. The topological polar surface area (TPSA) is 51.1 Å². The number of nitrogens with one attached hydrogen (secondary N) is 1. The number of rotatable bonds is 4. The van der Waals surface area contributed by atoms with Crippen molar-refractivity contribution in [1.29, 1.82) is 0 Å². The van der Waals surface area contributed by atoms with Crippen LogP contribution in [0, 0.1) is 0 Å². The lowest BCUT2D eigenvalue weighted by molar-refractivity contribution is 0.102. The second-order valence-electron chi connectivity index (χ2n) is 5.30. The molecule has 3 aromatic rings. The molecule has 0 unspecified atom stereocenters. The summed E-state index contributed by atoms with van der Waals surface area (Å²) < 4.78 is 1.52. The minimum absolute atomic E-state index is 0.0911. The fourth-order valence-corrected chi connectivity index (χ4v) is 2.57. The molecule has 0 radical (unpaired) electrons. The van der Waals surface area contributed by atoms with Gasteiger partial charge in [0.25, 0.3) is 11.5 Å². The molecule has 1 N–H and O–H groups in total. The summed E-state index contributed by atoms with van der Waals surface area (Å²) in [5.41, 5.74) is 1.30. The minimum atomic E-state index is -0.454. The van der Waals surface area contributed by atoms with Crippen molar-refractivity contribution in [2.45, 2.75) is 6.54 Å². The number of halogens is 1. The predicted octanol–water partition coefficient (Wildman–Crippen LogP) is 3.80. The van der Waals surface area contributed by atoms with Crippen molar-refractivity contribution in [3.63, 3.8) is 0 Å². The Morgan fingerprint density at radius 2 is 1.79 bits per heavy atom. The van der Waals surface area contributed by atoms with Gasteiger partial charge in [0.05, 0.1) is 6.54 Å². The summed E-state index contributed by atoms with van der Waals surface area (Å²) in [4.78, 5) is 24.9. The molecule has 4 nitrogen and oxygen atoms in total. The van der Waals surface area contributed by atoms with E-state index in [1.54, 1.807) is 36.5 Å². The van der Waals surface area contributed by atoms with Crippen molar-refractivity contribution in [1.82, 2.24) is 4.57 Å². The number of hydrogen-bond donors (Lipinski definition) is 1. The van der Waals surface area contributed by atoms with Crippen LogP contribution in [0.1, 0.15) is 15.9 Å². The van der Waals surface area contributed by atoms with Crippen molar-refractivity contribution in [2.24, 2.45) is 0 Å². The van der Waals surface area contributed by atoms with Gasteiger partial charge in [0, 0.05) is 16.9 Å². The van der Waals surface area contributed by atoms with E-state index in [-0.39, 0.29) is 11.1 Å². The first-order valence-corrected chi connectivity index (χ1v) is 7.81. The van der Waals surface area contributed by atoms with E-state index in [4.69, 9.17) is 11.6 Å². The summed E-state index contributed by atoms with van der Waals surface area (Å²) in [6, 6.07) is 19.6. The number of pyridine rings is 1. The van der Waals surface area contributed by atoms with Gasteiger partial charge in [0.1, 0.15) is 5.56 Å². The normalized spacial score (nSPS) is 10.4. The van der Waals surface area contributed by atoms with Crippen molar-refractivity contribution in [3.05, 3.63) is 99.4 Å². The lowest BCUT2D eigenvalue weighted by Crippen LogP contribution is -2.29. The van der Waals surface area contributed by atoms with Crippen LogP contribution >= 0.6 is 11.6 Å². The van der Waals surface area contributed by atoms with Gasteiger partial charge in [-0.25, -0.2) is 0 Å². The number of carbonyl (C=O) groups is 1. The van der Waals surface area contributed by atoms with E-state index in [0.717, 1.165) is 5.56 Å². The highest BCUT2D eigenvalue weighted by molar-refractivity contribution is 6.30. The van der Waals surface area contributed by atoms with Crippen LogP contribution < -0.4 is 10.9 Å². The van der Waals surface area contributed by atoms with E-state index < -0.39 is 5.91 Å². The summed E-state index contributed by atoms with van der Waals surface area (Å²) in [6.07, 6.45) is 1.67. The Hall–Kier alpha value is -2.85. The van der Waals surface area contributed by atoms with Gasteiger partial charge in [0.2, 0.25) is 0 Å². The number of anilines is 1. The molecule has 0 bridgehead atoms. The van der Waals surface area contributed by atoms with Gasteiger partial charge in [-0.05, 0) is 35.9 Å². The lowest BCUT2D eigenvalue weighted by Gasteiger charge is -2.09. The fourth-order valence-electron chi connectivity index (χ4n) is 2.38.